The molecule has 0 aliphatic heterocycles. The van der Waals surface area contributed by atoms with Gasteiger partial charge < -0.3 is 10.2 Å². The molecule has 2 atom stereocenters. The van der Waals surface area contributed by atoms with Crippen LogP contribution in [0.5, 0.6) is 0 Å². The van der Waals surface area contributed by atoms with E-state index in [1.54, 1.807) is 6.07 Å². The third kappa shape index (κ3) is 6.12. The van der Waals surface area contributed by atoms with Crippen molar-refractivity contribution in [2.24, 2.45) is 5.92 Å². The van der Waals surface area contributed by atoms with Gasteiger partial charge in [0, 0.05) is 18.6 Å². The van der Waals surface area contributed by atoms with Crippen LogP contribution in [0, 0.1) is 11.7 Å². The molecule has 1 heterocycles. The summed E-state index contributed by atoms with van der Waals surface area (Å²) >= 11 is 0. The van der Waals surface area contributed by atoms with Crippen molar-refractivity contribution in [1.82, 2.24) is 15.2 Å². The van der Waals surface area contributed by atoms with Gasteiger partial charge >= 0.3 is 0 Å². The van der Waals surface area contributed by atoms with E-state index in [0.29, 0.717) is 12.0 Å². The van der Waals surface area contributed by atoms with E-state index in [4.69, 9.17) is 0 Å². The monoisotopic (exact) mass is 267 g/mol. The average molecular weight is 267 g/mol. The maximum atomic E-state index is 12.9. The van der Waals surface area contributed by atoms with Crippen LogP contribution >= 0.6 is 0 Å². The molecule has 0 fully saturated rings. The lowest BCUT2D eigenvalue weighted by atomic mass is 10.0. The zero-order valence-corrected chi connectivity index (χ0v) is 12.7. The standard InChI is InChI=1S/C15H26FN3/c1-11(2)8-14(10-19(4)5)18-12(3)15-7-6-13(16)9-17-15/h6-7,9,11-12,14,18H,8,10H2,1-5H3. The van der Waals surface area contributed by atoms with E-state index >= 15 is 0 Å². The molecule has 0 saturated carbocycles. The van der Waals surface area contributed by atoms with Gasteiger partial charge in [0.1, 0.15) is 5.82 Å². The van der Waals surface area contributed by atoms with Gasteiger partial charge in [-0.05, 0) is 45.5 Å². The molecule has 0 amide bonds. The summed E-state index contributed by atoms with van der Waals surface area (Å²) in [4.78, 5) is 6.32. The number of nitrogens with one attached hydrogen (secondary N) is 1. The second-order valence-electron chi connectivity index (χ2n) is 5.88. The van der Waals surface area contributed by atoms with Gasteiger partial charge in [-0.3, -0.25) is 4.98 Å². The molecule has 0 aliphatic carbocycles. The Kier molecular flexibility index (Phi) is 6.38. The van der Waals surface area contributed by atoms with Gasteiger partial charge in [-0.1, -0.05) is 13.8 Å². The lowest BCUT2D eigenvalue weighted by Gasteiger charge is -2.27. The molecular weight excluding hydrogens is 241 g/mol. The summed E-state index contributed by atoms with van der Waals surface area (Å²) in [5.74, 6) is 0.355. The molecule has 0 aliphatic rings. The summed E-state index contributed by atoms with van der Waals surface area (Å²) < 4.78 is 12.9. The van der Waals surface area contributed by atoms with Crippen LogP contribution < -0.4 is 5.32 Å². The second kappa shape index (κ2) is 7.56. The van der Waals surface area contributed by atoms with E-state index in [2.05, 4.69) is 50.1 Å². The third-order valence-electron chi connectivity index (χ3n) is 3.02. The lowest BCUT2D eigenvalue weighted by Crippen LogP contribution is -2.40. The molecule has 1 aromatic heterocycles. The molecule has 19 heavy (non-hydrogen) atoms. The molecule has 4 heteroatoms. The Morgan fingerprint density at radius 3 is 2.42 bits per heavy atom. The topological polar surface area (TPSA) is 28.2 Å². The molecule has 0 bridgehead atoms. The summed E-state index contributed by atoms with van der Waals surface area (Å²) in [7, 11) is 4.16. The van der Waals surface area contributed by atoms with Crippen LogP contribution in [0.2, 0.25) is 0 Å². The maximum absolute atomic E-state index is 12.9. The van der Waals surface area contributed by atoms with E-state index in [1.807, 2.05) is 0 Å². The van der Waals surface area contributed by atoms with E-state index in [-0.39, 0.29) is 11.9 Å². The first-order valence-corrected chi connectivity index (χ1v) is 6.90. The fourth-order valence-electron chi connectivity index (χ4n) is 2.29. The summed E-state index contributed by atoms with van der Waals surface area (Å²) in [5.41, 5.74) is 0.883. The van der Waals surface area contributed by atoms with Crippen molar-refractivity contribution in [2.45, 2.75) is 39.3 Å². The molecule has 1 N–H and O–H groups in total. The van der Waals surface area contributed by atoms with Crippen molar-refractivity contribution < 1.29 is 4.39 Å². The van der Waals surface area contributed by atoms with Crippen molar-refractivity contribution >= 4 is 0 Å². The molecule has 0 aromatic carbocycles. The van der Waals surface area contributed by atoms with Gasteiger partial charge in [0.25, 0.3) is 0 Å². The van der Waals surface area contributed by atoms with E-state index < -0.39 is 0 Å². The van der Waals surface area contributed by atoms with E-state index in [1.165, 1.54) is 12.3 Å². The maximum Gasteiger partial charge on any atom is 0.141 e. The van der Waals surface area contributed by atoms with Gasteiger partial charge in [-0.15, -0.1) is 0 Å². The van der Waals surface area contributed by atoms with Crippen molar-refractivity contribution in [3.8, 4) is 0 Å². The van der Waals surface area contributed by atoms with Crippen LogP contribution in [0.4, 0.5) is 4.39 Å². The molecule has 0 saturated heterocycles. The highest BCUT2D eigenvalue weighted by molar-refractivity contribution is 5.09. The zero-order valence-electron chi connectivity index (χ0n) is 12.7. The molecule has 1 rings (SSSR count). The van der Waals surface area contributed by atoms with Gasteiger partial charge in [-0.25, -0.2) is 4.39 Å². The molecule has 0 radical (unpaired) electrons. The Bertz CT molecular complexity index is 352. The predicted octanol–water partition coefficient (Wildman–Crippen LogP) is 2.85. The smallest absolute Gasteiger partial charge is 0.141 e. The summed E-state index contributed by atoms with van der Waals surface area (Å²) in [6.45, 7) is 7.52. The number of aromatic nitrogens is 1. The van der Waals surface area contributed by atoms with Crippen LogP contribution in [0.25, 0.3) is 0 Å². The first kappa shape index (κ1) is 16.1. The van der Waals surface area contributed by atoms with Crippen LogP contribution in [-0.4, -0.2) is 36.6 Å². The molecule has 2 unspecified atom stereocenters. The van der Waals surface area contributed by atoms with E-state index in [0.717, 1.165) is 18.7 Å². The molecule has 1 aromatic rings. The first-order valence-electron chi connectivity index (χ1n) is 6.90. The van der Waals surface area contributed by atoms with Crippen molar-refractivity contribution in [3.63, 3.8) is 0 Å². The van der Waals surface area contributed by atoms with Gasteiger partial charge in [0.05, 0.1) is 11.9 Å². The normalized spacial score (nSPS) is 14.9. The van der Waals surface area contributed by atoms with Crippen molar-refractivity contribution in [1.29, 1.82) is 0 Å². The first-order chi connectivity index (χ1) is 8.88. The minimum Gasteiger partial charge on any atom is -0.308 e. The Morgan fingerprint density at radius 1 is 1.26 bits per heavy atom. The van der Waals surface area contributed by atoms with Crippen LogP contribution in [0.3, 0.4) is 0 Å². The quantitative estimate of drug-likeness (QED) is 0.823. The highest BCUT2D eigenvalue weighted by Gasteiger charge is 2.16. The summed E-state index contributed by atoms with van der Waals surface area (Å²) in [6, 6.07) is 3.75. The Balaban J connectivity index is 2.63. The highest BCUT2D eigenvalue weighted by Crippen LogP contribution is 2.14. The van der Waals surface area contributed by atoms with Gasteiger partial charge in [0.15, 0.2) is 0 Å². The van der Waals surface area contributed by atoms with Gasteiger partial charge in [0.2, 0.25) is 0 Å². The summed E-state index contributed by atoms with van der Waals surface area (Å²) in [5, 5.41) is 3.59. The van der Waals surface area contributed by atoms with E-state index in [9.17, 15) is 4.39 Å². The van der Waals surface area contributed by atoms with Crippen LogP contribution in [0.1, 0.15) is 38.9 Å². The number of halogens is 1. The minimum atomic E-state index is -0.289. The third-order valence-corrected chi connectivity index (χ3v) is 3.02. The highest BCUT2D eigenvalue weighted by atomic mass is 19.1. The average Bonchev–Trinajstić information content (AvgIpc) is 2.27. The number of likely N-dealkylation sites (N-methyl/N-ethyl adjacent to an activating group) is 1. The Morgan fingerprint density at radius 2 is 1.95 bits per heavy atom. The predicted molar refractivity (Wildman–Crippen MR) is 77.5 cm³/mol. The molecule has 3 nitrogen and oxygen atoms in total. The minimum absolute atomic E-state index is 0.129. The molecule has 0 spiro atoms. The lowest BCUT2D eigenvalue weighted by molar-refractivity contribution is 0.289. The van der Waals surface area contributed by atoms with Crippen LogP contribution in [0.15, 0.2) is 18.3 Å². The zero-order chi connectivity index (χ0) is 14.4. The fraction of sp³-hybridized carbons (Fsp3) is 0.667. The second-order valence-corrected chi connectivity index (χ2v) is 5.88. The summed E-state index contributed by atoms with van der Waals surface area (Å²) in [6.07, 6.45) is 2.39. The fourth-order valence-corrected chi connectivity index (χ4v) is 2.29. The number of nitrogens with zero attached hydrogens (tertiary/aromatic N) is 2. The number of pyridine rings is 1. The van der Waals surface area contributed by atoms with Crippen molar-refractivity contribution in [2.75, 3.05) is 20.6 Å². The molecule has 108 valence electrons. The number of hydrogen-bond acceptors (Lipinski definition) is 3. The van der Waals surface area contributed by atoms with Crippen molar-refractivity contribution in [3.05, 3.63) is 29.8 Å². The number of hydrogen-bond donors (Lipinski definition) is 1. The Hall–Kier alpha value is -1.00. The van der Waals surface area contributed by atoms with Crippen LogP contribution in [-0.2, 0) is 0 Å². The SMILES string of the molecule is CC(C)CC(CN(C)C)NC(C)c1ccc(F)cn1. The Labute approximate surface area is 116 Å². The molecular formula is C15H26FN3. The largest absolute Gasteiger partial charge is 0.308 e. The van der Waals surface area contributed by atoms with Gasteiger partial charge in [-0.2, -0.15) is 0 Å². The number of rotatable bonds is 7.